The van der Waals surface area contributed by atoms with Gasteiger partial charge in [0.25, 0.3) is 0 Å². The average molecular weight is 403 g/mol. The number of benzene rings is 2. The summed E-state index contributed by atoms with van der Waals surface area (Å²) in [6.07, 6.45) is 6.24. The first kappa shape index (κ1) is 18.2. The molecular weight excluding hydrogens is 380 g/mol. The average Bonchev–Trinajstić information content (AvgIpc) is 3.15. The summed E-state index contributed by atoms with van der Waals surface area (Å²) in [5, 5.41) is 1.82. The molecule has 5 heteroatoms. The van der Waals surface area contributed by atoms with Crippen LogP contribution in [0.15, 0.2) is 67.1 Å². The molecule has 0 unspecified atom stereocenters. The minimum atomic E-state index is 0.713. The van der Waals surface area contributed by atoms with E-state index in [0.29, 0.717) is 5.02 Å². The van der Waals surface area contributed by atoms with Crippen LogP contribution in [-0.4, -0.2) is 27.6 Å². The van der Waals surface area contributed by atoms with Gasteiger partial charge in [-0.25, -0.2) is 9.97 Å². The van der Waals surface area contributed by atoms with Gasteiger partial charge < -0.3 is 9.47 Å². The molecule has 4 aromatic rings. The molecule has 0 radical (unpaired) electrons. The van der Waals surface area contributed by atoms with E-state index in [2.05, 4.69) is 57.9 Å². The minimum Gasteiger partial charge on any atom is -0.356 e. The van der Waals surface area contributed by atoms with Crippen LogP contribution < -0.4 is 4.90 Å². The molecule has 1 fully saturated rings. The number of hydrogen-bond acceptors (Lipinski definition) is 3. The first-order chi connectivity index (χ1) is 14.2. The van der Waals surface area contributed by atoms with Gasteiger partial charge in [-0.05, 0) is 42.5 Å². The lowest BCUT2D eigenvalue weighted by Gasteiger charge is -2.31. The number of aromatic nitrogens is 3. The Morgan fingerprint density at radius 2 is 1.76 bits per heavy atom. The van der Waals surface area contributed by atoms with Gasteiger partial charge in [-0.3, -0.25) is 0 Å². The molecule has 2 aromatic carbocycles. The van der Waals surface area contributed by atoms with Crippen molar-refractivity contribution in [3.05, 3.63) is 72.1 Å². The zero-order valence-corrected chi connectivity index (χ0v) is 17.2. The molecule has 5 rings (SSSR count). The van der Waals surface area contributed by atoms with Crippen LogP contribution in [0.4, 0.5) is 5.82 Å². The Balaban J connectivity index is 1.75. The Morgan fingerprint density at radius 3 is 2.52 bits per heavy atom. The molecule has 0 bridgehead atoms. The topological polar surface area (TPSA) is 34.0 Å². The van der Waals surface area contributed by atoms with Crippen LogP contribution in [0.5, 0.6) is 0 Å². The van der Waals surface area contributed by atoms with Crippen LogP contribution in [0.1, 0.15) is 19.8 Å². The zero-order valence-electron chi connectivity index (χ0n) is 16.4. The molecule has 0 amide bonds. The van der Waals surface area contributed by atoms with Crippen molar-refractivity contribution in [1.29, 1.82) is 0 Å². The van der Waals surface area contributed by atoms with Gasteiger partial charge in [-0.1, -0.05) is 54.9 Å². The third-order valence-corrected chi connectivity index (χ3v) is 6.05. The summed E-state index contributed by atoms with van der Waals surface area (Å²) in [7, 11) is 0. The van der Waals surface area contributed by atoms with Crippen molar-refractivity contribution in [3.8, 4) is 16.8 Å². The zero-order chi connectivity index (χ0) is 19.8. The Labute approximate surface area is 175 Å². The molecule has 0 N–H and O–H groups in total. The Morgan fingerprint density at radius 1 is 0.966 bits per heavy atom. The first-order valence-electron chi connectivity index (χ1n) is 10.1. The number of hydrogen-bond donors (Lipinski definition) is 0. The maximum absolute atomic E-state index is 6.28. The van der Waals surface area contributed by atoms with E-state index in [-0.39, 0.29) is 0 Å². The molecule has 146 valence electrons. The summed E-state index contributed by atoms with van der Waals surface area (Å²) < 4.78 is 2.13. The predicted octanol–water partition coefficient (Wildman–Crippen LogP) is 5.98. The molecule has 0 aliphatic carbocycles. The number of halogens is 1. The van der Waals surface area contributed by atoms with Gasteiger partial charge in [0.15, 0.2) is 5.65 Å². The highest BCUT2D eigenvalue weighted by molar-refractivity contribution is 6.30. The highest BCUT2D eigenvalue weighted by Gasteiger charge is 2.23. The molecule has 1 aliphatic rings. The minimum absolute atomic E-state index is 0.713. The van der Waals surface area contributed by atoms with E-state index in [1.165, 1.54) is 18.4 Å². The van der Waals surface area contributed by atoms with Gasteiger partial charge in [-0.2, -0.15) is 0 Å². The summed E-state index contributed by atoms with van der Waals surface area (Å²) in [4.78, 5) is 11.8. The molecule has 0 saturated carbocycles. The van der Waals surface area contributed by atoms with Crippen molar-refractivity contribution in [2.75, 3.05) is 18.0 Å². The second-order valence-electron chi connectivity index (χ2n) is 7.82. The fourth-order valence-corrected chi connectivity index (χ4v) is 4.35. The van der Waals surface area contributed by atoms with E-state index < -0.39 is 0 Å². The quantitative estimate of drug-likeness (QED) is 0.423. The van der Waals surface area contributed by atoms with E-state index in [9.17, 15) is 0 Å². The molecule has 2 aromatic heterocycles. The van der Waals surface area contributed by atoms with Crippen molar-refractivity contribution < 1.29 is 0 Å². The SMILES string of the molecule is CC1CCN(c2ncnc3c2c(-c2ccccc2)cn3-c2cccc(Cl)c2)CC1. The van der Waals surface area contributed by atoms with Crippen LogP contribution in [-0.2, 0) is 0 Å². The third-order valence-electron chi connectivity index (χ3n) is 5.82. The summed E-state index contributed by atoms with van der Waals surface area (Å²) >= 11 is 6.28. The van der Waals surface area contributed by atoms with E-state index in [4.69, 9.17) is 16.6 Å². The largest absolute Gasteiger partial charge is 0.356 e. The monoisotopic (exact) mass is 402 g/mol. The van der Waals surface area contributed by atoms with Crippen molar-refractivity contribution >= 4 is 28.5 Å². The van der Waals surface area contributed by atoms with E-state index in [1.807, 2.05) is 24.3 Å². The smallest absolute Gasteiger partial charge is 0.150 e. The van der Waals surface area contributed by atoms with Crippen LogP contribution in [0.25, 0.3) is 27.8 Å². The normalized spacial score (nSPS) is 15.2. The molecule has 29 heavy (non-hydrogen) atoms. The Bertz CT molecular complexity index is 1140. The Hall–Kier alpha value is -2.85. The van der Waals surface area contributed by atoms with Gasteiger partial charge in [0.1, 0.15) is 12.1 Å². The summed E-state index contributed by atoms with van der Waals surface area (Å²) in [6.45, 7) is 4.39. The van der Waals surface area contributed by atoms with E-state index in [0.717, 1.165) is 47.1 Å². The number of fused-ring (bicyclic) bond motifs is 1. The number of piperidine rings is 1. The molecule has 1 aliphatic heterocycles. The van der Waals surface area contributed by atoms with Crippen molar-refractivity contribution in [3.63, 3.8) is 0 Å². The number of rotatable bonds is 3. The summed E-state index contributed by atoms with van der Waals surface area (Å²) in [5.74, 6) is 1.80. The molecular formula is C24H23ClN4. The van der Waals surface area contributed by atoms with E-state index in [1.54, 1.807) is 6.33 Å². The van der Waals surface area contributed by atoms with Gasteiger partial charge in [0.2, 0.25) is 0 Å². The third kappa shape index (κ3) is 3.38. The molecule has 3 heterocycles. The fourth-order valence-electron chi connectivity index (χ4n) is 4.17. The Kier molecular flexibility index (Phi) is 4.72. The molecule has 0 spiro atoms. The fraction of sp³-hybridized carbons (Fsp3) is 0.250. The van der Waals surface area contributed by atoms with Crippen molar-refractivity contribution in [2.24, 2.45) is 5.92 Å². The molecule has 4 nitrogen and oxygen atoms in total. The van der Waals surface area contributed by atoms with Crippen LogP contribution >= 0.6 is 11.6 Å². The number of anilines is 1. The molecule has 1 saturated heterocycles. The maximum Gasteiger partial charge on any atom is 0.150 e. The van der Waals surface area contributed by atoms with Gasteiger partial charge in [0, 0.05) is 35.6 Å². The summed E-state index contributed by atoms with van der Waals surface area (Å²) in [5.41, 5.74) is 4.23. The van der Waals surface area contributed by atoms with Crippen molar-refractivity contribution in [1.82, 2.24) is 14.5 Å². The lowest BCUT2D eigenvalue weighted by molar-refractivity contribution is 0.437. The number of nitrogens with zero attached hydrogens (tertiary/aromatic N) is 4. The standard InChI is InChI=1S/C24H23ClN4/c1-17-10-12-28(13-11-17)23-22-21(18-6-3-2-4-7-18)15-29(24(22)27-16-26-23)20-9-5-8-19(25)14-20/h2-9,14-17H,10-13H2,1H3. The van der Waals surface area contributed by atoms with Crippen molar-refractivity contribution in [2.45, 2.75) is 19.8 Å². The first-order valence-corrected chi connectivity index (χ1v) is 10.5. The highest BCUT2D eigenvalue weighted by atomic mass is 35.5. The van der Waals surface area contributed by atoms with Crippen LogP contribution in [0.3, 0.4) is 0 Å². The van der Waals surface area contributed by atoms with E-state index >= 15 is 0 Å². The van der Waals surface area contributed by atoms with Crippen LogP contribution in [0, 0.1) is 5.92 Å². The van der Waals surface area contributed by atoms with Gasteiger partial charge in [-0.15, -0.1) is 0 Å². The predicted molar refractivity (Wildman–Crippen MR) is 120 cm³/mol. The lowest BCUT2D eigenvalue weighted by Crippen LogP contribution is -2.33. The highest BCUT2D eigenvalue weighted by Crippen LogP contribution is 2.37. The molecule has 0 atom stereocenters. The second kappa shape index (κ2) is 7.53. The van der Waals surface area contributed by atoms with Gasteiger partial charge >= 0.3 is 0 Å². The second-order valence-corrected chi connectivity index (χ2v) is 8.26. The lowest BCUT2D eigenvalue weighted by atomic mass is 9.98. The summed E-state index contributed by atoms with van der Waals surface area (Å²) in [6, 6.07) is 18.4. The van der Waals surface area contributed by atoms with Crippen LogP contribution in [0.2, 0.25) is 5.02 Å². The maximum atomic E-state index is 6.28. The van der Waals surface area contributed by atoms with Gasteiger partial charge in [0.05, 0.1) is 5.39 Å².